The molecule has 4 aliphatic rings. The molecule has 2 N–H and O–H groups in total. The lowest BCUT2D eigenvalue weighted by Crippen LogP contribution is -2.62. The van der Waals surface area contributed by atoms with Crippen LogP contribution < -0.4 is 10.6 Å². The topological polar surface area (TPSA) is 85.6 Å². The number of halogens is 1. The fraction of sp³-hybridized carbons (Fsp3) is 0.727. The maximum absolute atomic E-state index is 12.0. The van der Waals surface area contributed by atoms with Gasteiger partial charge in [0.15, 0.2) is 5.96 Å². The summed E-state index contributed by atoms with van der Waals surface area (Å²) in [6.45, 7) is 11.0. The molecule has 4 fully saturated rings. The summed E-state index contributed by atoms with van der Waals surface area (Å²) in [5.74, 6) is 1.83. The summed E-state index contributed by atoms with van der Waals surface area (Å²) in [4.78, 5) is 23.8. The number of likely N-dealkylation sites (tertiary alicyclic amines) is 1. The van der Waals surface area contributed by atoms with Crippen molar-refractivity contribution >= 4 is 36.0 Å². The van der Waals surface area contributed by atoms with Gasteiger partial charge in [-0.3, -0.25) is 14.8 Å². The number of ether oxygens (including phenoxy) is 1. The Balaban J connectivity index is 0.00000289. The van der Waals surface area contributed by atoms with Crippen molar-refractivity contribution in [1.29, 1.82) is 0 Å². The van der Waals surface area contributed by atoms with Crippen molar-refractivity contribution in [3.63, 3.8) is 0 Å². The third kappa shape index (κ3) is 6.98. The van der Waals surface area contributed by atoms with Gasteiger partial charge in [-0.1, -0.05) is 0 Å². The number of nitrogens with one attached hydrogen (secondary N) is 2. The fourth-order valence-corrected chi connectivity index (χ4v) is 4.62. The summed E-state index contributed by atoms with van der Waals surface area (Å²) < 4.78 is 10.6. The van der Waals surface area contributed by atoms with E-state index in [9.17, 15) is 4.79 Å². The fourth-order valence-electron chi connectivity index (χ4n) is 4.62. The quantitative estimate of drug-likeness (QED) is 0.298. The highest BCUT2D eigenvalue weighted by Gasteiger charge is 2.31. The summed E-state index contributed by atoms with van der Waals surface area (Å²) in [7, 11) is 0. The number of furan rings is 1. The molecule has 0 saturated carbocycles. The number of carbonyl (C=O) groups excluding carboxylic acids is 1. The molecule has 1 aromatic heterocycles. The van der Waals surface area contributed by atoms with Crippen LogP contribution in [0.2, 0.25) is 0 Å². The van der Waals surface area contributed by atoms with Crippen molar-refractivity contribution in [2.75, 3.05) is 65.5 Å². The van der Waals surface area contributed by atoms with Gasteiger partial charge in [-0.2, -0.15) is 0 Å². The van der Waals surface area contributed by atoms with E-state index in [-0.39, 0.29) is 30.1 Å². The number of hydrogen-bond acceptors (Lipinski definition) is 6. The van der Waals surface area contributed by atoms with Gasteiger partial charge in [-0.25, -0.2) is 4.79 Å². The first-order valence-corrected chi connectivity index (χ1v) is 11.7. The molecule has 1 unspecified atom stereocenters. The Bertz CT molecular complexity index is 715. The van der Waals surface area contributed by atoms with E-state index in [1.165, 1.54) is 13.1 Å². The van der Waals surface area contributed by atoms with Crippen molar-refractivity contribution in [3.8, 4) is 0 Å². The molecule has 4 aliphatic heterocycles. The number of carbonyl (C=O) groups is 1. The van der Waals surface area contributed by atoms with Crippen LogP contribution in [-0.4, -0.2) is 104 Å². The molecule has 32 heavy (non-hydrogen) atoms. The first-order chi connectivity index (χ1) is 15.2. The van der Waals surface area contributed by atoms with E-state index in [1.54, 1.807) is 11.2 Å². The van der Waals surface area contributed by atoms with Gasteiger partial charge in [0, 0.05) is 70.9 Å². The van der Waals surface area contributed by atoms with Gasteiger partial charge in [0.05, 0.1) is 19.4 Å². The van der Waals surface area contributed by atoms with Crippen molar-refractivity contribution in [3.05, 3.63) is 24.2 Å². The third-order valence-corrected chi connectivity index (χ3v) is 6.46. The number of aliphatic imine (C=N–C) groups is 1. The Labute approximate surface area is 207 Å². The lowest BCUT2D eigenvalue weighted by Gasteiger charge is -2.47. The average Bonchev–Trinajstić information content (AvgIpc) is 3.32. The molecule has 180 valence electrons. The van der Waals surface area contributed by atoms with Gasteiger partial charge in [0.25, 0.3) is 0 Å². The zero-order valence-corrected chi connectivity index (χ0v) is 21.3. The molecule has 0 spiro atoms. The highest BCUT2D eigenvalue weighted by Crippen LogP contribution is 2.16. The zero-order valence-electron chi connectivity index (χ0n) is 19.0. The Hall–Kier alpha value is -1.53. The minimum atomic E-state index is -0.206. The number of piperidine rings is 1. The Kier molecular flexibility index (Phi) is 9.92. The number of piperazine rings is 3. The molecule has 1 aromatic rings. The molecule has 2 bridgehead atoms. The normalized spacial score (nSPS) is 25.8. The molecule has 1 amide bonds. The van der Waals surface area contributed by atoms with E-state index < -0.39 is 0 Å². The highest BCUT2D eigenvalue weighted by molar-refractivity contribution is 14.0. The maximum Gasteiger partial charge on any atom is 0.409 e. The molecule has 5 heterocycles. The smallest absolute Gasteiger partial charge is 0.409 e. The van der Waals surface area contributed by atoms with Gasteiger partial charge in [0.2, 0.25) is 0 Å². The van der Waals surface area contributed by atoms with Crippen LogP contribution in [0, 0.1) is 0 Å². The van der Waals surface area contributed by atoms with E-state index in [4.69, 9.17) is 14.1 Å². The van der Waals surface area contributed by atoms with Crippen LogP contribution >= 0.6 is 24.0 Å². The molecule has 0 radical (unpaired) electrons. The number of rotatable bonds is 7. The second-order valence-electron chi connectivity index (χ2n) is 8.54. The second kappa shape index (κ2) is 12.6. The molecule has 4 saturated heterocycles. The predicted molar refractivity (Wildman–Crippen MR) is 135 cm³/mol. The number of hydrogen-bond donors (Lipinski definition) is 2. The monoisotopic (exact) mass is 560 g/mol. The molecule has 0 aromatic carbocycles. The predicted octanol–water partition coefficient (Wildman–Crippen LogP) is 1.60. The number of amides is 1. The van der Waals surface area contributed by atoms with Gasteiger partial charge >= 0.3 is 6.09 Å². The van der Waals surface area contributed by atoms with Crippen LogP contribution in [0.1, 0.15) is 25.5 Å². The van der Waals surface area contributed by atoms with Crippen molar-refractivity contribution in [1.82, 2.24) is 25.3 Å². The highest BCUT2D eigenvalue weighted by atomic mass is 127. The third-order valence-electron chi connectivity index (χ3n) is 6.46. The maximum atomic E-state index is 12.0. The number of nitrogens with zero attached hydrogens (tertiary/aromatic N) is 4. The van der Waals surface area contributed by atoms with E-state index in [2.05, 4.69) is 20.4 Å². The summed E-state index contributed by atoms with van der Waals surface area (Å²) in [5.41, 5.74) is 0. The average molecular weight is 560 g/mol. The number of guanidine groups is 1. The largest absolute Gasteiger partial charge is 0.469 e. The van der Waals surface area contributed by atoms with Crippen molar-refractivity contribution in [2.45, 2.75) is 38.3 Å². The summed E-state index contributed by atoms with van der Waals surface area (Å²) >= 11 is 0. The van der Waals surface area contributed by atoms with Gasteiger partial charge in [-0.15, -0.1) is 24.0 Å². The molecule has 5 rings (SSSR count). The summed E-state index contributed by atoms with van der Waals surface area (Å²) in [6.07, 6.45) is 4.10. The Morgan fingerprint density at radius 3 is 2.62 bits per heavy atom. The first-order valence-electron chi connectivity index (χ1n) is 11.7. The molecule has 9 nitrogen and oxygen atoms in total. The van der Waals surface area contributed by atoms with E-state index in [0.29, 0.717) is 31.8 Å². The van der Waals surface area contributed by atoms with Crippen LogP contribution in [0.4, 0.5) is 4.79 Å². The van der Waals surface area contributed by atoms with Crippen LogP contribution in [-0.2, 0) is 11.2 Å². The van der Waals surface area contributed by atoms with Gasteiger partial charge in [-0.05, 0) is 31.9 Å². The van der Waals surface area contributed by atoms with E-state index >= 15 is 0 Å². The van der Waals surface area contributed by atoms with Crippen LogP contribution in [0.25, 0.3) is 0 Å². The van der Waals surface area contributed by atoms with Gasteiger partial charge in [0.1, 0.15) is 5.76 Å². The molecular weight excluding hydrogens is 523 g/mol. The zero-order chi connectivity index (χ0) is 21.5. The number of fused-ring (bicyclic) bond motifs is 3. The van der Waals surface area contributed by atoms with Gasteiger partial charge < -0.3 is 24.7 Å². The lowest BCUT2D eigenvalue weighted by molar-refractivity contribution is 0.0174. The summed E-state index contributed by atoms with van der Waals surface area (Å²) in [5, 5.41) is 7.09. The van der Waals surface area contributed by atoms with Crippen molar-refractivity contribution in [2.24, 2.45) is 4.99 Å². The SMILES string of the molecule is CCOC(=O)N1CCC(NC(=NCC2CN3CCN2CC3)NCCc2ccco2)CC1.I. The standard InChI is InChI=1S/C22H36N6O3.HI/c1-2-30-22(29)28-9-6-18(7-10-28)25-21(23-8-5-20-4-3-15-31-20)24-16-19-17-26-11-13-27(19)14-12-26;/h3-4,15,18-19H,2,5-14,16-17H2,1H3,(H2,23,24,25);1H. The first kappa shape index (κ1) is 25.1. The lowest BCUT2D eigenvalue weighted by atomic mass is 10.1. The minimum Gasteiger partial charge on any atom is -0.469 e. The minimum absolute atomic E-state index is 0. The molecule has 1 atom stereocenters. The van der Waals surface area contributed by atoms with E-state index in [1.807, 2.05) is 19.1 Å². The second-order valence-corrected chi connectivity index (χ2v) is 8.54. The van der Waals surface area contributed by atoms with Crippen molar-refractivity contribution < 1.29 is 13.9 Å². The Morgan fingerprint density at radius 1 is 1.22 bits per heavy atom. The Morgan fingerprint density at radius 2 is 2.00 bits per heavy atom. The summed E-state index contributed by atoms with van der Waals surface area (Å²) in [6, 6.07) is 4.71. The van der Waals surface area contributed by atoms with Crippen LogP contribution in [0.5, 0.6) is 0 Å². The van der Waals surface area contributed by atoms with Crippen LogP contribution in [0.3, 0.4) is 0 Å². The van der Waals surface area contributed by atoms with E-state index in [0.717, 1.165) is 63.7 Å². The molecule has 0 aliphatic carbocycles. The molecule has 10 heteroatoms. The molecular formula is C22H37IN6O3. The van der Waals surface area contributed by atoms with Crippen LogP contribution in [0.15, 0.2) is 27.8 Å².